The predicted molar refractivity (Wildman–Crippen MR) is 87.9 cm³/mol. The molecule has 3 rings (SSSR count). The molecule has 2 aliphatic heterocycles. The first-order valence-corrected chi connectivity index (χ1v) is 8.14. The number of carbonyl (C=O) groups excluding carboxylic acids is 3. The van der Waals surface area contributed by atoms with Gasteiger partial charge < -0.3 is 19.7 Å². The van der Waals surface area contributed by atoms with E-state index in [1.807, 2.05) is 24.3 Å². The SMILES string of the molecule is COc1ccc(COCC(=O)N2CCC3(CC2)NC(=O)NC3=O)cc1. The van der Waals surface area contributed by atoms with Crippen molar-refractivity contribution in [2.45, 2.75) is 25.0 Å². The topological polar surface area (TPSA) is 97.0 Å². The van der Waals surface area contributed by atoms with Crippen molar-refractivity contribution < 1.29 is 23.9 Å². The van der Waals surface area contributed by atoms with Crippen molar-refractivity contribution >= 4 is 17.8 Å². The lowest BCUT2D eigenvalue weighted by atomic mass is 9.88. The van der Waals surface area contributed by atoms with Crippen LogP contribution in [0.3, 0.4) is 0 Å². The number of rotatable bonds is 5. The van der Waals surface area contributed by atoms with Crippen molar-refractivity contribution in [1.82, 2.24) is 15.5 Å². The van der Waals surface area contributed by atoms with Gasteiger partial charge in [0.2, 0.25) is 5.91 Å². The van der Waals surface area contributed by atoms with Gasteiger partial charge in [0, 0.05) is 13.1 Å². The number of amides is 4. The standard InChI is InChI=1S/C17H21N3O5/c1-24-13-4-2-12(3-5-13)10-25-11-14(21)20-8-6-17(7-9-20)15(22)18-16(23)19-17/h2-5H,6-11H2,1H3,(H2,18,19,22,23). The van der Waals surface area contributed by atoms with Crippen LogP contribution in [0.5, 0.6) is 5.75 Å². The highest BCUT2D eigenvalue weighted by Gasteiger charge is 2.48. The second kappa shape index (κ2) is 7.10. The molecule has 8 nitrogen and oxygen atoms in total. The van der Waals surface area contributed by atoms with Crippen LogP contribution in [0.2, 0.25) is 0 Å². The van der Waals surface area contributed by atoms with Crippen molar-refractivity contribution in [2.24, 2.45) is 0 Å². The molecule has 134 valence electrons. The van der Waals surface area contributed by atoms with Gasteiger partial charge in [-0.2, -0.15) is 0 Å². The van der Waals surface area contributed by atoms with E-state index in [0.717, 1.165) is 11.3 Å². The molecule has 2 aliphatic rings. The Hall–Kier alpha value is -2.61. The van der Waals surface area contributed by atoms with Crippen LogP contribution < -0.4 is 15.4 Å². The first-order chi connectivity index (χ1) is 12.0. The van der Waals surface area contributed by atoms with Gasteiger partial charge in [0.15, 0.2) is 0 Å². The Morgan fingerprint density at radius 1 is 1.20 bits per heavy atom. The van der Waals surface area contributed by atoms with Crippen molar-refractivity contribution in [1.29, 1.82) is 0 Å². The molecule has 4 amide bonds. The number of ether oxygens (including phenoxy) is 2. The Labute approximate surface area is 145 Å². The van der Waals surface area contributed by atoms with Crippen LogP contribution in [0.1, 0.15) is 18.4 Å². The highest BCUT2D eigenvalue weighted by molar-refractivity contribution is 6.07. The summed E-state index contributed by atoms with van der Waals surface area (Å²) in [7, 11) is 1.60. The molecular weight excluding hydrogens is 326 g/mol. The average Bonchev–Trinajstić information content (AvgIpc) is 2.89. The number of imide groups is 1. The molecule has 0 unspecified atom stereocenters. The smallest absolute Gasteiger partial charge is 0.322 e. The molecule has 25 heavy (non-hydrogen) atoms. The van der Waals surface area contributed by atoms with Crippen molar-refractivity contribution in [3.63, 3.8) is 0 Å². The molecule has 8 heteroatoms. The Balaban J connectivity index is 1.43. The molecule has 0 aromatic heterocycles. The molecule has 0 saturated carbocycles. The normalized spacial score (nSPS) is 18.8. The summed E-state index contributed by atoms with van der Waals surface area (Å²) in [5, 5.41) is 4.93. The van der Waals surface area contributed by atoms with Crippen LogP contribution >= 0.6 is 0 Å². The van der Waals surface area contributed by atoms with E-state index < -0.39 is 11.6 Å². The van der Waals surface area contributed by atoms with Crippen LogP contribution in [0.25, 0.3) is 0 Å². The summed E-state index contributed by atoms with van der Waals surface area (Å²) in [6.45, 7) is 1.15. The van der Waals surface area contributed by atoms with Crippen LogP contribution in [0, 0.1) is 0 Å². The zero-order chi connectivity index (χ0) is 17.9. The van der Waals surface area contributed by atoms with E-state index in [-0.39, 0.29) is 18.4 Å². The van der Waals surface area contributed by atoms with Gasteiger partial charge in [-0.1, -0.05) is 12.1 Å². The summed E-state index contributed by atoms with van der Waals surface area (Å²) in [6.07, 6.45) is 0.823. The molecule has 0 atom stereocenters. The van der Waals surface area contributed by atoms with Gasteiger partial charge in [-0.25, -0.2) is 4.79 Å². The number of nitrogens with one attached hydrogen (secondary N) is 2. The first kappa shape index (κ1) is 17.2. The van der Waals surface area contributed by atoms with Crippen molar-refractivity contribution in [3.8, 4) is 5.75 Å². The Morgan fingerprint density at radius 2 is 1.88 bits per heavy atom. The zero-order valence-corrected chi connectivity index (χ0v) is 14.0. The van der Waals surface area contributed by atoms with Gasteiger partial charge >= 0.3 is 6.03 Å². The fourth-order valence-electron chi connectivity index (χ4n) is 3.09. The third-order valence-electron chi connectivity index (χ3n) is 4.64. The minimum Gasteiger partial charge on any atom is -0.497 e. The summed E-state index contributed by atoms with van der Waals surface area (Å²) in [4.78, 5) is 37.1. The maximum atomic E-state index is 12.2. The van der Waals surface area contributed by atoms with Gasteiger partial charge in [0.25, 0.3) is 5.91 Å². The van der Waals surface area contributed by atoms with Crippen molar-refractivity contribution in [3.05, 3.63) is 29.8 Å². The molecule has 0 aliphatic carbocycles. The summed E-state index contributed by atoms with van der Waals surface area (Å²) in [5.74, 6) is 0.346. The predicted octanol–water partition coefficient (Wildman–Crippen LogP) is 0.412. The van der Waals surface area contributed by atoms with E-state index in [2.05, 4.69) is 10.6 Å². The van der Waals surface area contributed by atoms with Gasteiger partial charge in [-0.15, -0.1) is 0 Å². The zero-order valence-electron chi connectivity index (χ0n) is 14.0. The van der Waals surface area contributed by atoms with E-state index in [4.69, 9.17) is 9.47 Å². The molecule has 2 fully saturated rings. The maximum Gasteiger partial charge on any atom is 0.322 e. The Bertz CT molecular complexity index is 665. The summed E-state index contributed by atoms with van der Waals surface area (Å²) < 4.78 is 10.6. The van der Waals surface area contributed by atoms with Gasteiger partial charge in [0.05, 0.1) is 13.7 Å². The molecule has 0 bridgehead atoms. The third-order valence-corrected chi connectivity index (χ3v) is 4.64. The number of hydrogen-bond donors (Lipinski definition) is 2. The highest BCUT2D eigenvalue weighted by atomic mass is 16.5. The number of hydrogen-bond acceptors (Lipinski definition) is 5. The Morgan fingerprint density at radius 3 is 2.44 bits per heavy atom. The lowest BCUT2D eigenvalue weighted by molar-refractivity contribution is -0.140. The number of methoxy groups -OCH3 is 1. The third kappa shape index (κ3) is 3.74. The number of benzene rings is 1. The average molecular weight is 347 g/mol. The monoisotopic (exact) mass is 347 g/mol. The van der Waals surface area contributed by atoms with Gasteiger partial charge in [0.1, 0.15) is 17.9 Å². The van der Waals surface area contributed by atoms with E-state index in [1.54, 1.807) is 12.0 Å². The molecule has 1 spiro atoms. The first-order valence-electron chi connectivity index (χ1n) is 8.14. The van der Waals surface area contributed by atoms with E-state index >= 15 is 0 Å². The Kier molecular flexibility index (Phi) is 4.89. The number of piperidine rings is 1. The lowest BCUT2D eigenvalue weighted by Crippen LogP contribution is -2.56. The highest BCUT2D eigenvalue weighted by Crippen LogP contribution is 2.25. The molecule has 1 aromatic carbocycles. The summed E-state index contributed by atoms with van der Waals surface area (Å²) in [5.41, 5.74) is 0.0918. The van der Waals surface area contributed by atoms with E-state index in [1.165, 1.54) is 0 Å². The number of likely N-dealkylation sites (tertiary alicyclic amines) is 1. The maximum absolute atomic E-state index is 12.2. The molecule has 0 radical (unpaired) electrons. The summed E-state index contributed by atoms with van der Waals surface area (Å²) in [6, 6.07) is 6.98. The molecule has 2 saturated heterocycles. The largest absolute Gasteiger partial charge is 0.497 e. The number of carbonyl (C=O) groups is 3. The van der Waals surface area contributed by atoms with Crippen LogP contribution in [-0.2, 0) is 20.9 Å². The molecule has 2 heterocycles. The quantitative estimate of drug-likeness (QED) is 0.752. The molecule has 2 N–H and O–H groups in total. The fraction of sp³-hybridized carbons (Fsp3) is 0.471. The fourth-order valence-corrected chi connectivity index (χ4v) is 3.09. The second-order valence-electron chi connectivity index (χ2n) is 6.21. The van der Waals surface area contributed by atoms with E-state index in [9.17, 15) is 14.4 Å². The molecule has 1 aromatic rings. The van der Waals surface area contributed by atoms with Crippen LogP contribution in [-0.4, -0.2) is 55.1 Å². The van der Waals surface area contributed by atoms with Crippen LogP contribution in [0.4, 0.5) is 4.79 Å². The number of urea groups is 1. The minimum atomic E-state index is -0.863. The lowest BCUT2D eigenvalue weighted by Gasteiger charge is -2.36. The van der Waals surface area contributed by atoms with Crippen molar-refractivity contribution in [2.75, 3.05) is 26.8 Å². The molecular formula is C17H21N3O5. The van der Waals surface area contributed by atoms with E-state index in [0.29, 0.717) is 32.5 Å². The summed E-state index contributed by atoms with van der Waals surface area (Å²) >= 11 is 0. The van der Waals surface area contributed by atoms with Crippen LogP contribution in [0.15, 0.2) is 24.3 Å². The van der Waals surface area contributed by atoms with Gasteiger partial charge in [-0.05, 0) is 30.5 Å². The second-order valence-corrected chi connectivity index (χ2v) is 6.21. The minimum absolute atomic E-state index is 0.0163. The van der Waals surface area contributed by atoms with Gasteiger partial charge in [-0.3, -0.25) is 14.9 Å². The number of nitrogens with zero attached hydrogens (tertiary/aromatic N) is 1.